The van der Waals surface area contributed by atoms with Crippen LogP contribution in [0.15, 0.2) is 12.2 Å². The Hall–Kier alpha value is -0.613. The highest BCUT2D eigenvalue weighted by atomic mass is 28.4. The van der Waals surface area contributed by atoms with Gasteiger partial charge in [-0.2, -0.15) is 0 Å². The molecular weight excluding hydrogens is 220 g/mol. The third-order valence-corrected chi connectivity index (χ3v) is 7.56. The molecule has 0 spiro atoms. The summed E-state index contributed by atoms with van der Waals surface area (Å²) in [5, 5.41) is 0.181. The van der Waals surface area contributed by atoms with E-state index in [1.807, 2.05) is 6.92 Å². The lowest BCUT2D eigenvalue weighted by Gasteiger charge is -2.37. The predicted molar refractivity (Wildman–Crippen MR) is 68.9 cm³/mol. The zero-order valence-electron chi connectivity index (χ0n) is 11.5. The second-order valence-electron chi connectivity index (χ2n) is 5.47. The third kappa shape index (κ3) is 4.94. The minimum Gasteiger partial charge on any atom is -0.466 e. The minimum atomic E-state index is -1.75. The van der Waals surface area contributed by atoms with Gasteiger partial charge >= 0.3 is 5.97 Å². The van der Waals surface area contributed by atoms with Gasteiger partial charge in [-0.15, -0.1) is 0 Å². The molecule has 0 unspecified atom stereocenters. The Morgan fingerprint density at radius 1 is 1.31 bits per heavy atom. The van der Waals surface area contributed by atoms with E-state index in [9.17, 15) is 4.79 Å². The molecule has 1 atom stereocenters. The minimum absolute atomic E-state index is 0.0556. The maximum atomic E-state index is 10.9. The molecular formula is C12H24O3Si. The van der Waals surface area contributed by atoms with Crippen molar-refractivity contribution in [2.45, 2.75) is 51.9 Å². The van der Waals surface area contributed by atoms with Gasteiger partial charge in [0, 0.05) is 6.08 Å². The van der Waals surface area contributed by atoms with E-state index in [-0.39, 0.29) is 17.1 Å². The molecule has 0 aliphatic carbocycles. The Labute approximate surface area is 100.0 Å². The molecule has 0 radical (unpaired) electrons. The van der Waals surface area contributed by atoms with Crippen LogP contribution in [0.3, 0.4) is 0 Å². The Bertz CT molecular complexity index is 264. The molecule has 0 heterocycles. The summed E-state index contributed by atoms with van der Waals surface area (Å²) in [6.07, 6.45) is 3.10. The van der Waals surface area contributed by atoms with Crippen LogP contribution in [0.5, 0.6) is 0 Å². The van der Waals surface area contributed by atoms with Gasteiger partial charge in [-0.1, -0.05) is 26.8 Å². The summed E-state index contributed by atoms with van der Waals surface area (Å²) in [7, 11) is -0.386. The van der Waals surface area contributed by atoms with E-state index < -0.39 is 8.32 Å². The summed E-state index contributed by atoms with van der Waals surface area (Å²) in [5.74, 6) is -0.342. The third-order valence-electron chi connectivity index (χ3n) is 2.99. The summed E-state index contributed by atoms with van der Waals surface area (Å²) in [6.45, 7) is 12.9. The Morgan fingerprint density at radius 2 is 1.81 bits per heavy atom. The SMILES string of the molecule is COC(=O)/C=C\[C@H](C)O[Si](C)(C)C(C)(C)C. The fraction of sp³-hybridized carbons (Fsp3) is 0.750. The highest BCUT2D eigenvalue weighted by molar-refractivity contribution is 6.74. The van der Waals surface area contributed by atoms with E-state index in [0.717, 1.165) is 0 Å². The molecule has 0 saturated heterocycles. The molecule has 0 rings (SSSR count). The Morgan fingerprint density at radius 3 is 2.19 bits per heavy atom. The van der Waals surface area contributed by atoms with E-state index in [1.54, 1.807) is 6.08 Å². The van der Waals surface area contributed by atoms with Gasteiger partial charge in [0.25, 0.3) is 0 Å². The van der Waals surface area contributed by atoms with Crippen molar-refractivity contribution in [1.29, 1.82) is 0 Å². The Kier molecular flexibility index (Phi) is 5.42. The molecule has 3 nitrogen and oxygen atoms in total. The summed E-state index contributed by atoms with van der Waals surface area (Å²) in [6, 6.07) is 0. The summed E-state index contributed by atoms with van der Waals surface area (Å²) < 4.78 is 10.6. The second kappa shape index (κ2) is 5.64. The number of rotatable bonds is 4. The standard InChI is InChI=1S/C12H24O3Si/c1-10(8-9-11(13)14-5)15-16(6,7)12(2,3)4/h8-10H,1-7H3/b9-8-/t10-/m0/s1. The highest BCUT2D eigenvalue weighted by Crippen LogP contribution is 2.37. The van der Waals surface area contributed by atoms with E-state index in [0.29, 0.717) is 0 Å². The van der Waals surface area contributed by atoms with Crippen molar-refractivity contribution in [2.75, 3.05) is 7.11 Å². The van der Waals surface area contributed by atoms with Crippen LogP contribution in [-0.4, -0.2) is 27.5 Å². The van der Waals surface area contributed by atoms with E-state index in [4.69, 9.17) is 4.43 Å². The second-order valence-corrected chi connectivity index (χ2v) is 10.2. The van der Waals surface area contributed by atoms with Crippen LogP contribution in [0.25, 0.3) is 0 Å². The van der Waals surface area contributed by atoms with Crippen LogP contribution in [0.4, 0.5) is 0 Å². The van der Waals surface area contributed by atoms with Crippen LogP contribution < -0.4 is 0 Å². The van der Waals surface area contributed by atoms with E-state index in [1.165, 1.54) is 13.2 Å². The average molecular weight is 244 g/mol. The molecule has 0 fully saturated rings. The maximum Gasteiger partial charge on any atom is 0.330 e. The lowest BCUT2D eigenvalue weighted by molar-refractivity contribution is -0.134. The van der Waals surface area contributed by atoms with Crippen molar-refractivity contribution in [1.82, 2.24) is 0 Å². The van der Waals surface area contributed by atoms with Crippen molar-refractivity contribution in [2.24, 2.45) is 0 Å². The summed E-state index contributed by atoms with van der Waals surface area (Å²) in [4.78, 5) is 10.9. The molecule has 0 bridgehead atoms. The fourth-order valence-electron chi connectivity index (χ4n) is 0.963. The van der Waals surface area contributed by atoms with Crippen molar-refractivity contribution in [3.05, 3.63) is 12.2 Å². The van der Waals surface area contributed by atoms with Gasteiger partial charge in [0.1, 0.15) is 0 Å². The largest absolute Gasteiger partial charge is 0.466 e. The number of hydrogen-bond acceptors (Lipinski definition) is 3. The number of ether oxygens (including phenoxy) is 1. The highest BCUT2D eigenvalue weighted by Gasteiger charge is 2.37. The zero-order valence-corrected chi connectivity index (χ0v) is 12.5. The van der Waals surface area contributed by atoms with E-state index in [2.05, 4.69) is 38.6 Å². The number of carbonyl (C=O) groups excluding carboxylic acids is 1. The lowest BCUT2D eigenvalue weighted by Crippen LogP contribution is -2.42. The number of esters is 1. The first-order valence-electron chi connectivity index (χ1n) is 5.54. The van der Waals surface area contributed by atoms with Crippen LogP contribution in [0.2, 0.25) is 18.1 Å². The first kappa shape index (κ1) is 15.4. The first-order chi connectivity index (χ1) is 7.10. The van der Waals surface area contributed by atoms with Gasteiger partial charge in [-0.05, 0) is 25.1 Å². The fourth-order valence-corrected chi connectivity index (χ4v) is 2.32. The van der Waals surface area contributed by atoms with Crippen LogP contribution in [-0.2, 0) is 14.0 Å². The normalized spacial score (nSPS) is 15.2. The number of carbonyl (C=O) groups is 1. The first-order valence-corrected chi connectivity index (χ1v) is 8.45. The molecule has 0 aliphatic heterocycles. The summed E-state index contributed by atoms with van der Waals surface area (Å²) in [5.41, 5.74) is 0. The van der Waals surface area contributed by atoms with Crippen LogP contribution in [0, 0.1) is 0 Å². The maximum absolute atomic E-state index is 10.9. The molecule has 0 aromatic carbocycles. The van der Waals surface area contributed by atoms with Gasteiger partial charge in [0.15, 0.2) is 8.32 Å². The predicted octanol–water partition coefficient (Wildman–Crippen LogP) is 3.13. The van der Waals surface area contributed by atoms with Crippen LogP contribution >= 0.6 is 0 Å². The smallest absolute Gasteiger partial charge is 0.330 e. The zero-order chi connectivity index (χ0) is 13.0. The molecule has 16 heavy (non-hydrogen) atoms. The van der Waals surface area contributed by atoms with Gasteiger partial charge in [-0.25, -0.2) is 4.79 Å². The molecule has 0 aliphatic rings. The number of methoxy groups -OCH3 is 1. The van der Waals surface area contributed by atoms with Crippen molar-refractivity contribution >= 4 is 14.3 Å². The number of hydrogen-bond donors (Lipinski definition) is 0. The average Bonchev–Trinajstić information content (AvgIpc) is 2.11. The molecule has 0 saturated carbocycles. The van der Waals surface area contributed by atoms with Gasteiger partial charge in [-0.3, -0.25) is 0 Å². The monoisotopic (exact) mass is 244 g/mol. The molecule has 0 aromatic heterocycles. The molecule has 4 heteroatoms. The van der Waals surface area contributed by atoms with Crippen molar-refractivity contribution in [3.8, 4) is 0 Å². The summed E-state index contributed by atoms with van der Waals surface area (Å²) >= 11 is 0. The molecule has 94 valence electrons. The topological polar surface area (TPSA) is 35.5 Å². The van der Waals surface area contributed by atoms with Crippen molar-refractivity contribution < 1.29 is 14.0 Å². The lowest BCUT2D eigenvalue weighted by atomic mass is 10.2. The van der Waals surface area contributed by atoms with Crippen molar-refractivity contribution in [3.63, 3.8) is 0 Å². The van der Waals surface area contributed by atoms with E-state index >= 15 is 0 Å². The Balaban J connectivity index is 4.40. The molecule has 0 aromatic rings. The van der Waals surface area contributed by atoms with Gasteiger partial charge in [0.2, 0.25) is 0 Å². The van der Waals surface area contributed by atoms with Gasteiger partial charge < -0.3 is 9.16 Å². The van der Waals surface area contributed by atoms with Crippen LogP contribution in [0.1, 0.15) is 27.7 Å². The molecule has 0 amide bonds. The quantitative estimate of drug-likeness (QED) is 0.433. The van der Waals surface area contributed by atoms with Gasteiger partial charge in [0.05, 0.1) is 13.2 Å². The molecule has 0 N–H and O–H groups in total.